The highest BCUT2D eigenvalue weighted by Crippen LogP contribution is 2.38. The van der Waals surface area contributed by atoms with E-state index in [9.17, 15) is 4.79 Å². The molecule has 2 aromatic carbocycles. The average Bonchev–Trinajstić information content (AvgIpc) is 3.48. The molecule has 0 atom stereocenters. The number of thioether (sulfide) groups is 1. The van der Waals surface area contributed by atoms with E-state index in [1.165, 1.54) is 10.9 Å². The zero-order valence-corrected chi connectivity index (χ0v) is 19.3. The summed E-state index contributed by atoms with van der Waals surface area (Å²) in [6.45, 7) is 3.21. The molecule has 0 bridgehead atoms. The molecule has 0 aliphatic carbocycles. The first-order chi connectivity index (χ1) is 16.2. The molecule has 168 valence electrons. The Morgan fingerprint density at radius 3 is 2.94 bits per heavy atom. The summed E-state index contributed by atoms with van der Waals surface area (Å²) in [6, 6.07) is 13.9. The molecule has 0 amide bonds. The second-order valence-electron chi connectivity index (χ2n) is 8.34. The number of hydrogen-bond donors (Lipinski definition) is 1. The summed E-state index contributed by atoms with van der Waals surface area (Å²) < 4.78 is 9.70. The quantitative estimate of drug-likeness (QED) is 0.461. The van der Waals surface area contributed by atoms with E-state index >= 15 is 0 Å². The fourth-order valence-corrected chi connectivity index (χ4v) is 5.69. The summed E-state index contributed by atoms with van der Waals surface area (Å²) in [5.41, 5.74) is 4.24. The van der Waals surface area contributed by atoms with Gasteiger partial charge in [-0.15, -0.1) is 0 Å². The van der Waals surface area contributed by atoms with E-state index in [4.69, 9.17) is 9.72 Å². The summed E-state index contributed by atoms with van der Waals surface area (Å²) in [5, 5.41) is 6.35. The van der Waals surface area contributed by atoms with Crippen molar-refractivity contribution in [2.75, 3.05) is 26.0 Å². The predicted octanol–water partition coefficient (Wildman–Crippen LogP) is 3.67. The van der Waals surface area contributed by atoms with Gasteiger partial charge in [0.1, 0.15) is 5.75 Å². The molecule has 6 rings (SSSR count). The fraction of sp³-hybridized carbons (Fsp3) is 0.320. The number of para-hydroxylation sites is 1. The van der Waals surface area contributed by atoms with E-state index in [2.05, 4.69) is 27.0 Å². The van der Waals surface area contributed by atoms with Gasteiger partial charge in [0.15, 0.2) is 11.0 Å². The highest BCUT2D eigenvalue weighted by molar-refractivity contribution is 8.14. The summed E-state index contributed by atoms with van der Waals surface area (Å²) in [5.74, 6) is 2.67. The van der Waals surface area contributed by atoms with E-state index in [0.717, 1.165) is 71.7 Å². The summed E-state index contributed by atoms with van der Waals surface area (Å²) in [4.78, 5) is 22.7. The number of nitrogens with zero attached hydrogens (tertiary/aromatic N) is 4. The molecular formula is C25H25N5O2S. The predicted molar refractivity (Wildman–Crippen MR) is 135 cm³/mol. The summed E-state index contributed by atoms with van der Waals surface area (Å²) in [7, 11) is 1.70. The van der Waals surface area contributed by atoms with Crippen LogP contribution in [0.5, 0.6) is 5.75 Å². The molecule has 2 aliphatic rings. The smallest absolute Gasteiger partial charge is 0.261 e. The van der Waals surface area contributed by atoms with Crippen molar-refractivity contribution in [3.8, 4) is 17.3 Å². The van der Waals surface area contributed by atoms with Gasteiger partial charge < -0.3 is 14.6 Å². The number of nitrogens with one attached hydrogen (secondary N) is 1. The van der Waals surface area contributed by atoms with Gasteiger partial charge in [0, 0.05) is 36.3 Å². The Morgan fingerprint density at radius 1 is 1.18 bits per heavy atom. The van der Waals surface area contributed by atoms with Crippen molar-refractivity contribution < 1.29 is 4.74 Å². The molecule has 4 aromatic rings. The molecule has 7 nitrogen and oxygen atoms in total. The number of rotatable bonds is 5. The number of fused-ring (bicyclic) bond motifs is 6. The van der Waals surface area contributed by atoms with Gasteiger partial charge in [-0.2, -0.15) is 0 Å². The van der Waals surface area contributed by atoms with Crippen LogP contribution in [0.2, 0.25) is 0 Å². The van der Waals surface area contributed by atoms with Crippen molar-refractivity contribution in [2.24, 2.45) is 4.99 Å². The first-order valence-corrected chi connectivity index (χ1v) is 12.3. The molecule has 2 aliphatic heterocycles. The monoisotopic (exact) mass is 459 g/mol. The molecule has 0 fully saturated rings. The minimum absolute atomic E-state index is 0.0357. The normalized spacial score (nSPS) is 14.9. The minimum atomic E-state index is 0.0357. The first-order valence-electron chi connectivity index (χ1n) is 11.3. The number of benzene rings is 2. The van der Waals surface area contributed by atoms with Crippen molar-refractivity contribution in [3.05, 3.63) is 58.4 Å². The molecule has 4 heterocycles. The lowest BCUT2D eigenvalue weighted by Crippen LogP contribution is -2.28. The molecule has 0 saturated carbocycles. The molecule has 8 heteroatoms. The van der Waals surface area contributed by atoms with Gasteiger partial charge in [0.25, 0.3) is 5.56 Å². The Kier molecular flexibility index (Phi) is 5.10. The van der Waals surface area contributed by atoms with Crippen molar-refractivity contribution in [2.45, 2.75) is 25.9 Å². The molecular weight excluding hydrogens is 434 g/mol. The van der Waals surface area contributed by atoms with E-state index in [-0.39, 0.29) is 5.56 Å². The van der Waals surface area contributed by atoms with Crippen molar-refractivity contribution in [1.82, 2.24) is 19.4 Å². The van der Waals surface area contributed by atoms with Gasteiger partial charge in [0.2, 0.25) is 0 Å². The number of methoxy groups -OCH3 is 1. The second kappa shape index (κ2) is 8.26. The maximum absolute atomic E-state index is 13.3. The molecule has 33 heavy (non-hydrogen) atoms. The van der Waals surface area contributed by atoms with Gasteiger partial charge in [-0.05, 0) is 48.7 Å². The third-order valence-corrected chi connectivity index (χ3v) is 7.39. The summed E-state index contributed by atoms with van der Waals surface area (Å²) >= 11 is 1.78. The fourth-order valence-electron chi connectivity index (χ4n) is 4.93. The highest BCUT2D eigenvalue weighted by Gasteiger charge is 2.27. The maximum Gasteiger partial charge on any atom is 0.261 e. The Morgan fingerprint density at radius 2 is 2.09 bits per heavy atom. The Bertz CT molecular complexity index is 1470. The van der Waals surface area contributed by atoms with Gasteiger partial charge in [-0.1, -0.05) is 23.9 Å². The van der Waals surface area contributed by atoms with Crippen molar-refractivity contribution in [3.63, 3.8) is 0 Å². The van der Waals surface area contributed by atoms with Crippen molar-refractivity contribution in [1.29, 1.82) is 0 Å². The lowest BCUT2D eigenvalue weighted by molar-refractivity contribution is 0.415. The van der Waals surface area contributed by atoms with Crippen LogP contribution in [0.3, 0.4) is 0 Å². The van der Waals surface area contributed by atoms with Crippen LogP contribution in [0.15, 0.2) is 52.3 Å². The van der Waals surface area contributed by atoms with Gasteiger partial charge in [0.05, 0.1) is 30.3 Å². The highest BCUT2D eigenvalue weighted by atomic mass is 32.2. The summed E-state index contributed by atoms with van der Waals surface area (Å²) in [6.07, 6.45) is 1.74. The minimum Gasteiger partial charge on any atom is -0.497 e. The Hall–Kier alpha value is -3.26. The van der Waals surface area contributed by atoms with Gasteiger partial charge in [-0.3, -0.25) is 14.4 Å². The third-order valence-electron chi connectivity index (χ3n) is 6.45. The SMILES string of the molecule is COc1ccc2c(c1)c1c(n2CCCNC2=NCCS2)-c2nc3ccccc3c(=O)n2CC1. The zero-order chi connectivity index (χ0) is 22.4. The van der Waals surface area contributed by atoms with Crippen LogP contribution in [0, 0.1) is 0 Å². The number of aromatic nitrogens is 3. The van der Waals surface area contributed by atoms with Crippen LogP contribution in [0.4, 0.5) is 0 Å². The van der Waals surface area contributed by atoms with Crippen LogP contribution in [-0.2, 0) is 19.5 Å². The molecule has 0 spiro atoms. The molecule has 0 radical (unpaired) electrons. The van der Waals surface area contributed by atoms with Crippen LogP contribution >= 0.6 is 11.8 Å². The average molecular weight is 460 g/mol. The molecule has 2 aromatic heterocycles. The van der Waals surface area contributed by atoms with Crippen LogP contribution in [0.1, 0.15) is 12.0 Å². The van der Waals surface area contributed by atoms with Gasteiger partial charge in [-0.25, -0.2) is 4.98 Å². The topological polar surface area (TPSA) is 73.4 Å². The number of hydrogen-bond acceptors (Lipinski definition) is 6. The maximum atomic E-state index is 13.3. The van der Waals surface area contributed by atoms with E-state index in [1.54, 1.807) is 18.9 Å². The van der Waals surface area contributed by atoms with Crippen LogP contribution in [0.25, 0.3) is 33.3 Å². The zero-order valence-electron chi connectivity index (χ0n) is 18.5. The van der Waals surface area contributed by atoms with E-state index < -0.39 is 0 Å². The number of aryl methyl sites for hydroxylation is 2. The van der Waals surface area contributed by atoms with Crippen molar-refractivity contribution >= 4 is 38.7 Å². The second-order valence-corrected chi connectivity index (χ2v) is 9.42. The number of aliphatic imine (C=N–C) groups is 1. The molecule has 0 saturated heterocycles. The lowest BCUT2D eigenvalue weighted by Gasteiger charge is -2.21. The standard InChI is InChI=1S/C25H25N5O2S/c1-32-16-7-8-21-19(15-16)17-9-13-30-23(28-20-6-3-2-5-18(20)24(30)31)22(17)29(21)12-4-10-26-25-27-11-14-33-25/h2-3,5-8,15H,4,9-14H2,1H3,(H,26,27). The van der Waals surface area contributed by atoms with E-state index in [0.29, 0.717) is 11.9 Å². The lowest BCUT2D eigenvalue weighted by atomic mass is 10.0. The largest absolute Gasteiger partial charge is 0.497 e. The third kappa shape index (κ3) is 3.40. The molecule has 1 N–H and O–H groups in total. The number of amidine groups is 1. The Balaban J connectivity index is 1.47. The number of ether oxygens (including phenoxy) is 1. The van der Waals surface area contributed by atoms with E-state index in [1.807, 2.05) is 34.9 Å². The van der Waals surface area contributed by atoms with Crippen LogP contribution < -0.4 is 15.6 Å². The Labute approximate surface area is 195 Å². The first kappa shape index (κ1) is 20.4. The van der Waals surface area contributed by atoms with Crippen LogP contribution in [-0.4, -0.2) is 45.2 Å². The molecule has 0 unspecified atom stereocenters. The van der Waals surface area contributed by atoms with Gasteiger partial charge >= 0.3 is 0 Å².